The molecule has 248 valence electrons. The first-order valence-corrected chi connectivity index (χ1v) is 15.4. The number of halogens is 5. The normalized spacial score (nSPS) is 14.3. The summed E-state index contributed by atoms with van der Waals surface area (Å²) in [5, 5.41) is 14.3. The maximum Gasteiger partial charge on any atom is 0.417 e. The minimum atomic E-state index is -4.87. The molecule has 0 atom stereocenters. The molecule has 5 rings (SSSR count). The van der Waals surface area contributed by atoms with Crippen LogP contribution in [-0.4, -0.2) is 63.1 Å². The number of ether oxygens (including phenoxy) is 2. The van der Waals surface area contributed by atoms with Crippen LogP contribution in [0.5, 0.6) is 5.75 Å². The van der Waals surface area contributed by atoms with E-state index in [0.717, 1.165) is 16.8 Å². The summed E-state index contributed by atoms with van der Waals surface area (Å²) < 4.78 is 54.2. The molecule has 2 heterocycles. The van der Waals surface area contributed by atoms with E-state index in [-0.39, 0.29) is 45.6 Å². The average Bonchev–Trinajstić information content (AvgIpc) is 3.36. The van der Waals surface area contributed by atoms with Crippen molar-refractivity contribution in [2.75, 3.05) is 19.7 Å². The van der Waals surface area contributed by atoms with E-state index in [9.17, 15) is 32.7 Å². The number of amides is 1. The van der Waals surface area contributed by atoms with Crippen LogP contribution in [0, 0.1) is 5.92 Å². The Kier molecular flexibility index (Phi) is 9.47. The predicted molar refractivity (Wildman–Crippen MR) is 169 cm³/mol. The predicted octanol–water partition coefficient (Wildman–Crippen LogP) is 8.44. The Morgan fingerprint density at radius 2 is 1.70 bits per heavy atom. The number of benzene rings is 3. The quantitative estimate of drug-likeness (QED) is 0.216. The third-order valence-electron chi connectivity index (χ3n) is 7.59. The standard InChI is InChI=1S/C33H30Cl2F3N3O6/c1-32(2,3)47-31(45)40-13-11-18(12-14-40)17-46-26-15-19(30(43)44)7-9-21(26)28-22-16-20(34)8-10-25(22)41(39-28)29(42)27-23(33(36,37)38)5-4-6-24(27)35/h4-10,15-16,18H,11-14,17H2,1-3H3,(H,43,44). The van der Waals surface area contributed by atoms with Crippen molar-refractivity contribution in [1.82, 2.24) is 14.7 Å². The van der Waals surface area contributed by atoms with Gasteiger partial charge in [-0.3, -0.25) is 4.79 Å². The van der Waals surface area contributed by atoms with Crippen LogP contribution >= 0.6 is 23.2 Å². The number of carbonyl (C=O) groups is 3. The molecule has 0 unspecified atom stereocenters. The number of hydrogen-bond donors (Lipinski definition) is 1. The lowest BCUT2D eigenvalue weighted by Crippen LogP contribution is -2.42. The number of aromatic carboxylic acids is 1. The van der Waals surface area contributed by atoms with Crippen LogP contribution in [-0.2, 0) is 10.9 Å². The SMILES string of the molecule is CC(C)(C)OC(=O)N1CCC(COc2cc(C(=O)O)ccc2-c2nn(C(=O)c3c(Cl)cccc3C(F)(F)F)c3ccc(Cl)cc23)CC1. The summed E-state index contributed by atoms with van der Waals surface area (Å²) in [7, 11) is 0. The second kappa shape index (κ2) is 13.1. The van der Waals surface area contributed by atoms with Crippen molar-refractivity contribution in [1.29, 1.82) is 0 Å². The number of hydrogen-bond acceptors (Lipinski definition) is 6. The highest BCUT2D eigenvalue weighted by molar-refractivity contribution is 6.34. The Hall–Kier alpha value is -4.29. The third-order valence-corrected chi connectivity index (χ3v) is 8.14. The fourth-order valence-corrected chi connectivity index (χ4v) is 5.74. The molecule has 4 aromatic rings. The molecule has 1 fully saturated rings. The molecule has 0 aliphatic carbocycles. The van der Waals surface area contributed by atoms with Crippen LogP contribution in [0.4, 0.5) is 18.0 Å². The number of likely N-dealkylation sites (tertiary alicyclic amines) is 1. The molecule has 0 radical (unpaired) electrons. The van der Waals surface area contributed by atoms with E-state index in [2.05, 4.69) is 5.10 Å². The Morgan fingerprint density at radius 3 is 2.34 bits per heavy atom. The Morgan fingerprint density at radius 1 is 1.00 bits per heavy atom. The molecule has 14 heteroatoms. The highest BCUT2D eigenvalue weighted by atomic mass is 35.5. The summed E-state index contributed by atoms with van der Waals surface area (Å²) in [5.74, 6) is -2.18. The van der Waals surface area contributed by atoms with Crippen molar-refractivity contribution in [2.45, 2.75) is 45.4 Å². The third kappa shape index (κ3) is 7.49. The first-order valence-electron chi connectivity index (χ1n) is 14.6. The molecule has 1 saturated heterocycles. The largest absolute Gasteiger partial charge is 0.493 e. The smallest absolute Gasteiger partial charge is 0.417 e. The van der Waals surface area contributed by atoms with E-state index in [0.29, 0.717) is 31.3 Å². The summed E-state index contributed by atoms with van der Waals surface area (Å²) in [6.07, 6.45) is -4.06. The summed E-state index contributed by atoms with van der Waals surface area (Å²) in [5.41, 5.74) is -2.14. The van der Waals surface area contributed by atoms with E-state index in [1.54, 1.807) is 25.7 Å². The Bertz CT molecular complexity index is 1860. The Balaban J connectivity index is 1.50. The maximum absolute atomic E-state index is 13.9. The Labute approximate surface area is 277 Å². The topological polar surface area (TPSA) is 111 Å². The fraction of sp³-hybridized carbons (Fsp3) is 0.333. The number of carboxylic acid groups (broad SMARTS) is 1. The van der Waals surface area contributed by atoms with E-state index in [1.807, 2.05) is 0 Å². The number of alkyl halides is 3. The van der Waals surface area contributed by atoms with E-state index >= 15 is 0 Å². The molecule has 3 aromatic carbocycles. The summed E-state index contributed by atoms with van der Waals surface area (Å²) >= 11 is 12.4. The molecular formula is C33H30Cl2F3N3O6. The van der Waals surface area contributed by atoms with Gasteiger partial charge < -0.3 is 19.5 Å². The first-order chi connectivity index (χ1) is 22.0. The molecule has 1 aliphatic heterocycles. The van der Waals surface area contributed by atoms with Gasteiger partial charge >= 0.3 is 18.2 Å². The van der Waals surface area contributed by atoms with Crippen LogP contribution in [0.25, 0.3) is 22.2 Å². The maximum atomic E-state index is 13.9. The van der Waals surface area contributed by atoms with Crippen molar-refractivity contribution < 1.29 is 42.1 Å². The molecule has 9 nitrogen and oxygen atoms in total. The van der Waals surface area contributed by atoms with Gasteiger partial charge in [0.15, 0.2) is 0 Å². The molecule has 1 aliphatic rings. The van der Waals surface area contributed by atoms with Gasteiger partial charge in [0.25, 0.3) is 5.91 Å². The van der Waals surface area contributed by atoms with Gasteiger partial charge in [-0.2, -0.15) is 23.0 Å². The van der Waals surface area contributed by atoms with E-state index in [4.69, 9.17) is 32.7 Å². The lowest BCUT2D eigenvalue weighted by Gasteiger charge is -2.33. The van der Waals surface area contributed by atoms with Crippen molar-refractivity contribution in [3.63, 3.8) is 0 Å². The van der Waals surface area contributed by atoms with Crippen LogP contribution < -0.4 is 4.74 Å². The van der Waals surface area contributed by atoms with Gasteiger partial charge in [-0.1, -0.05) is 29.3 Å². The van der Waals surface area contributed by atoms with Crippen molar-refractivity contribution in [2.24, 2.45) is 5.92 Å². The average molecular weight is 693 g/mol. The zero-order valence-corrected chi connectivity index (χ0v) is 27.0. The minimum absolute atomic E-state index is 0.0151. The molecule has 0 spiro atoms. The number of carboxylic acids is 1. The lowest BCUT2D eigenvalue weighted by atomic mass is 9.98. The van der Waals surface area contributed by atoms with Crippen molar-refractivity contribution in [3.05, 3.63) is 81.3 Å². The van der Waals surface area contributed by atoms with Gasteiger partial charge in [-0.05, 0) is 88.1 Å². The monoisotopic (exact) mass is 691 g/mol. The molecule has 1 N–H and O–H groups in total. The van der Waals surface area contributed by atoms with Gasteiger partial charge in [0, 0.05) is 29.1 Å². The number of carbonyl (C=O) groups excluding carboxylic acids is 2. The summed E-state index contributed by atoms with van der Waals surface area (Å²) in [4.78, 5) is 39.7. The van der Waals surface area contributed by atoms with Gasteiger partial charge in [-0.25, -0.2) is 9.59 Å². The van der Waals surface area contributed by atoms with Crippen LogP contribution in [0.3, 0.4) is 0 Å². The van der Waals surface area contributed by atoms with Crippen molar-refractivity contribution >= 4 is 52.1 Å². The number of nitrogens with zero attached hydrogens (tertiary/aromatic N) is 3. The van der Waals surface area contributed by atoms with E-state index < -0.39 is 45.9 Å². The molecule has 0 saturated carbocycles. The fourth-order valence-electron chi connectivity index (χ4n) is 5.31. The van der Waals surface area contributed by atoms with E-state index in [1.165, 1.54) is 42.5 Å². The molecule has 47 heavy (non-hydrogen) atoms. The number of piperidine rings is 1. The van der Waals surface area contributed by atoms with Crippen LogP contribution in [0.15, 0.2) is 54.6 Å². The molecular weight excluding hydrogens is 662 g/mol. The van der Waals surface area contributed by atoms with Crippen LogP contribution in [0.1, 0.15) is 59.9 Å². The summed E-state index contributed by atoms with van der Waals surface area (Å²) in [6, 6.07) is 11.6. The van der Waals surface area contributed by atoms with Gasteiger partial charge in [0.2, 0.25) is 0 Å². The van der Waals surface area contributed by atoms with Gasteiger partial charge in [-0.15, -0.1) is 0 Å². The van der Waals surface area contributed by atoms with Gasteiger partial charge in [0.05, 0.1) is 33.8 Å². The highest BCUT2D eigenvalue weighted by Gasteiger charge is 2.37. The number of fused-ring (bicyclic) bond motifs is 1. The minimum Gasteiger partial charge on any atom is -0.493 e. The van der Waals surface area contributed by atoms with Crippen LogP contribution in [0.2, 0.25) is 10.0 Å². The molecule has 1 aromatic heterocycles. The first kappa shape index (κ1) is 34.1. The zero-order chi connectivity index (χ0) is 34.3. The summed E-state index contributed by atoms with van der Waals surface area (Å²) in [6.45, 7) is 6.44. The second-order valence-corrected chi connectivity index (χ2v) is 13.0. The molecule has 1 amide bonds. The lowest BCUT2D eigenvalue weighted by molar-refractivity contribution is -0.137. The second-order valence-electron chi connectivity index (χ2n) is 12.1. The van der Waals surface area contributed by atoms with Gasteiger partial charge in [0.1, 0.15) is 17.0 Å². The highest BCUT2D eigenvalue weighted by Crippen LogP contribution is 2.39. The molecule has 0 bridgehead atoms. The van der Waals surface area contributed by atoms with Crippen molar-refractivity contribution in [3.8, 4) is 17.0 Å². The number of rotatable bonds is 6. The zero-order valence-electron chi connectivity index (χ0n) is 25.5. The number of aromatic nitrogens is 2.